The van der Waals surface area contributed by atoms with E-state index in [0.29, 0.717) is 19.0 Å². The van der Waals surface area contributed by atoms with Crippen molar-refractivity contribution in [3.63, 3.8) is 0 Å². The molecule has 9 heteroatoms. The summed E-state index contributed by atoms with van der Waals surface area (Å²) in [6, 6.07) is 4.05. The molecule has 27 heavy (non-hydrogen) atoms. The summed E-state index contributed by atoms with van der Waals surface area (Å²) in [6.45, 7) is 5.01. The maximum atomic E-state index is 5.61. The third-order valence-corrected chi connectivity index (χ3v) is 4.93. The van der Waals surface area contributed by atoms with Crippen molar-refractivity contribution in [2.24, 2.45) is 0 Å². The summed E-state index contributed by atoms with van der Waals surface area (Å²) in [5.41, 5.74) is 7.96. The number of rotatable bonds is 3. The second-order valence-corrected chi connectivity index (χ2v) is 6.68. The van der Waals surface area contributed by atoms with Crippen molar-refractivity contribution < 1.29 is 4.74 Å². The summed E-state index contributed by atoms with van der Waals surface area (Å²) in [6.07, 6.45) is 4.51. The molecule has 5 heterocycles. The van der Waals surface area contributed by atoms with E-state index in [2.05, 4.69) is 19.8 Å². The smallest absolute Gasteiger partial charge is 0.219 e. The monoisotopic (exact) mass is 364 g/mol. The number of anilines is 3. The summed E-state index contributed by atoms with van der Waals surface area (Å²) in [4.78, 5) is 27.0. The van der Waals surface area contributed by atoms with Crippen LogP contribution in [0.2, 0.25) is 0 Å². The molecule has 0 aromatic carbocycles. The third-order valence-electron chi connectivity index (χ3n) is 4.93. The van der Waals surface area contributed by atoms with Crippen LogP contribution in [0.25, 0.3) is 22.4 Å². The molecule has 0 radical (unpaired) electrons. The van der Waals surface area contributed by atoms with Gasteiger partial charge in [-0.2, -0.15) is 0 Å². The van der Waals surface area contributed by atoms with Gasteiger partial charge in [-0.1, -0.05) is 0 Å². The Kier molecular flexibility index (Phi) is 3.93. The van der Waals surface area contributed by atoms with Gasteiger partial charge in [0.1, 0.15) is 11.3 Å². The molecule has 0 spiro atoms. The fourth-order valence-corrected chi connectivity index (χ4v) is 3.29. The number of morpholine rings is 1. The van der Waals surface area contributed by atoms with E-state index in [0.717, 1.165) is 54.4 Å². The van der Waals surface area contributed by atoms with Gasteiger partial charge < -0.3 is 20.3 Å². The van der Waals surface area contributed by atoms with Gasteiger partial charge >= 0.3 is 0 Å². The zero-order valence-electron chi connectivity index (χ0n) is 14.9. The quantitative estimate of drug-likeness (QED) is 0.731. The van der Waals surface area contributed by atoms with Gasteiger partial charge in [0, 0.05) is 38.6 Å². The van der Waals surface area contributed by atoms with Gasteiger partial charge in [0.05, 0.1) is 24.3 Å². The normalized spacial score (nSPS) is 17.2. The van der Waals surface area contributed by atoms with Crippen molar-refractivity contribution >= 4 is 28.6 Å². The number of hydrogen-bond acceptors (Lipinski definition) is 9. The maximum Gasteiger partial charge on any atom is 0.219 e. The van der Waals surface area contributed by atoms with Crippen molar-refractivity contribution in [2.75, 3.05) is 54.9 Å². The largest absolute Gasteiger partial charge is 0.378 e. The summed E-state index contributed by atoms with van der Waals surface area (Å²) in [7, 11) is 0. The Balaban J connectivity index is 1.65. The fraction of sp³-hybridized carbons (Fsp3) is 0.389. The van der Waals surface area contributed by atoms with Crippen molar-refractivity contribution in [2.45, 2.75) is 6.42 Å². The fourth-order valence-electron chi connectivity index (χ4n) is 3.29. The Morgan fingerprint density at radius 2 is 1.67 bits per heavy atom. The highest BCUT2D eigenvalue weighted by Crippen LogP contribution is 2.29. The Labute approximate surface area is 156 Å². The number of hydrogen-bond donors (Lipinski definition) is 1. The highest BCUT2D eigenvalue weighted by Gasteiger charge is 2.22. The van der Waals surface area contributed by atoms with E-state index in [1.807, 2.05) is 12.1 Å². The molecule has 2 aliphatic heterocycles. The van der Waals surface area contributed by atoms with Crippen LogP contribution in [0.1, 0.15) is 6.42 Å². The van der Waals surface area contributed by atoms with E-state index >= 15 is 0 Å². The topological polar surface area (TPSA) is 106 Å². The number of ether oxygens (including phenoxy) is 1. The molecule has 3 aromatic rings. The number of pyridine rings is 1. The van der Waals surface area contributed by atoms with Crippen LogP contribution >= 0.6 is 0 Å². The molecule has 2 saturated heterocycles. The first-order valence-electron chi connectivity index (χ1n) is 9.12. The van der Waals surface area contributed by atoms with E-state index in [4.69, 9.17) is 25.4 Å². The summed E-state index contributed by atoms with van der Waals surface area (Å²) < 4.78 is 5.50. The molecule has 2 aliphatic rings. The summed E-state index contributed by atoms with van der Waals surface area (Å²) in [5, 5.41) is 0. The van der Waals surface area contributed by atoms with Crippen molar-refractivity contribution in [1.29, 1.82) is 0 Å². The van der Waals surface area contributed by atoms with Crippen molar-refractivity contribution in [3.05, 3.63) is 24.5 Å². The Morgan fingerprint density at radius 3 is 2.37 bits per heavy atom. The van der Waals surface area contributed by atoms with Gasteiger partial charge in [-0.25, -0.2) is 24.9 Å². The lowest BCUT2D eigenvalue weighted by atomic mass is 10.2. The van der Waals surface area contributed by atoms with Crippen LogP contribution in [-0.2, 0) is 4.74 Å². The Bertz CT molecular complexity index is 967. The molecule has 2 fully saturated rings. The molecule has 138 valence electrons. The third kappa shape index (κ3) is 2.99. The predicted molar refractivity (Wildman–Crippen MR) is 103 cm³/mol. The summed E-state index contributed by atoms with van der Waals surface area (Å²) >= 11 is 0. The highest BCUT2D eigenvalue weighted by molar-refractivity contribution is 5.88. The van der Waals surface area contributed by atoms with Crippen LogP contribution in [0.5, 0.6) is 0 Å². The first-order valence-corrected chi connectivity index (χ1v) is 9.12. The van der Waals surface area contributed by atoms with Gasteiger partial charge in [0.2, 0.25) is 5.95 Å². The second-order valence-electron chi connectivity index (χ2n) is 6.68. The number of fused-ring (bicyclic) bond motifs is 1. The number of aromatic nitrogens is 5. The minimum absolute atomic E-state index is 0.230. The summed E-state index contributed by atoms with van der Waals surface area (Å²) in [5.74, 6) is 2.62. The van der Waals surface area contributed by atoms with Crippen LogP contribution < -0.4 is 15.5 Å². The first-order chi connectivity index (χ1) is 13.3. The molecule has 3 aromatic heterocycles. The zero-order chi connectivity index (χ0) is 18.2. The van der Waals surface area contributed by atoms with Crippen LogP contribution in [0, 0.1) is 0 Å². The molecule has 0 saturated carbocycles. The number of nitrogens with two attached hydrogens (primary N) is 1. The average Bonchev–Trinajstić information content (AvgIpc) is 2.67. The number of nitrogens with zero attached hydrogens (tertiary/aromatic N) is 7. The molecular weight excluding hydrogens is 344 g/mol. The van der Waals surface area contributed by atoms with Crippen LogP contribution in [0.4, 0.5) is 17.6 Å². The molecule has 0 atom stereocenters. The van der Waals surface area contributed by atoms with E-state index in [9.17, 15) is 0 Å². The van der Waals surface area contributed by atoms with E-state index in [1.54, 1.807) is 12.4 Å². The minimum Gasteiger partial charge on any atom is -0.378 e. The van der Waals surface area contributed by atoms with Gasteiger partial charge in [0.25, 0.3) is 0 Å². The number of nitrogen functional groups attached to an aromatic ring is 1. The zero-order valence-corrected chi connectivity index (χ0v) is 14.9. The Hall–Kier alpha value is -3.07. The van der Waals surface area contributed by atoms with Gasteiger partial charge in [-0.05, 0) is 18.6 Å². The van der Waals surface area contributed by atoms with Crippen LogP contribution in [0.15, 0.2) is 24.5 Å². The van der Waals surface area contributed by atoms with Crippen LogP contribution in [0.3, 0.4) is 0 Å². The van der Waals surface area contributed by atoms with E-state index < -0.39 is 0 Å². The standard InChI is InChI=1S/C18H20N8O/c19-18-20-10-12(11-21-18)16-22-13-2-3-14(25-4-1-5-25)23-15(13)17(24-16)26-6-8-27-9-7-26/h2-3,10-11H,1,4-9H2,(H2,19,20,21). The first kappa shape index (κ1) is 16.1. The molecule has 0 amide bonds. The lowest BCUT2D eigenvalue weighted by Gasteiger charge is -2.32. The average molecular weight is 364 g/mol. The lowest BCUT2D eigenvalue weighted by molar-refractivity contribution is 0.122. The van der Waals surface area contributed by atoms with Crippen LogP contribution in [-0.4, -0.2) is 64.3 Å². The van der Waals surface area contributed by atoms with Gasteiger partial charge in [-0.15, -0.1) is 0 Å². The van der Waals surface area contributed by atoms with E-state index in [-0.39, 0.29) is 5.95 Å². The molecule has 5 rings (SSSR count). The molecule has 9 nitrogen and oxygen atoms in total. The molecule has 2 N–H and O–H groups in total. The molecule has 0 bridgehead atoms. The van der Waals surface area contributed by atoms with E-state index in [1.165, 1.54) is 6.42 Å². The van der Waals surface area contributed by atoms with Crippen molar-refractivity contribution in [3.8, 4) is 11.4 Å². The van der Waals surface area contributed by atoms with Gasteiger partial charge in [-0.3, -0.25) is 0 Å². The Morgan fingerprint density at radius 1 is 0.889 bits per heavy atom. The maximum absolute atomic E-state index is 5.61. The molecule has 0 unspecified atom stereocenters. The highest BCUT2D eigenvalue weighted by atomic mass is 16.5. The van der Waals surface area contributed by atoms with Gasteiger partial charge in [0.15, 0.2) is 11.6 Å². The van der Waals surface area contributed by atoms with Crippen molar-refractivity contribution in [1.82, 2.24) is 24.9 Å². The SMILES string of the molecule is Nc1ncc(-c2nc(N3CCOCC3)c3nc(N4CCC4)ccc3n2)cn1. The second kappa shape index (κ2) is 6.58. The molecular formula is C18H20N8O. The lowest BCUT2D eigenvalue weighted by Crippen LogP contribution is -2.38. The molecule has 0 aliphatic carbocycles. The minimum atomic E-state index is 0.230. The predicted octanol–water partition coefficient (Wildman–Crippen LogP) is 1.11.